The number of aromatic nitrogens is 4. The topological polar surface area (TPSA) is 81.9 Å². The molecule has 0 aliphatic carbocycles. The van der Waals surface area contributed by atoms with E-state index in [1.54, 1.807) is 31.2 Å². The molecule has 4 heterocycles. The summed E-state index contributed by atoms with van der Waals surface area (Å²) in [7, 11) is 0. The van der Waals surface area contributed by atoms with Crippen LogP contribution in [0.4, 0.5) is 5.95 Å². The van der Waals surface area contributed by atoms with Crippen LogP contribution in [0.2, 0.25) is 0 Å². The van der Waals surface area contributed by atoms with Crippen LogP contribution in [0.3, 0.4) is 0 Å². The number of rotatable bonds is 6. The number of nitrogens with one attached hydrogen (secondary N) is 1. The van der Waals surface area contributed by atoms with Gasteiger partial charge in [0.1, 0.15) is 11.5 Å². The van der Waals surface area contributed by atoms with Crippen LogP contribution in [0.1, 0.15) is 5.56 Å². The van der Waals surface area contributed by atoms with E-state index in [0.29, 0.717) is 29.7 Å². The van der Waals surface area contributed by atoms with E-state index in [1.165, 1.54) is 0 Å². The maximum absolute atomic E-state index is 5.57. The normalized spacial score (nSPS) is 10.9. The Morgan fingerprint density at radius 2 is 1.76 bits per heavy atom. The minimum Gasteiger partial charge on any atom is -0.464 e. The summed E-state index contributed by atoms with van der Waals surface area (Å²) in [5.41, 5.74) is 3.60. The first-order chi connectivity index (χ1) is 14.4. The lowest BCUT2D eigenvalue weighted by atomic mass is 10.1. The van der Waals surface area contributed by atoms with Gasteiger partial charge >= 0.3 is 0 Å². The van der Waals surface area contributed by atoms with Crippen molar-refractivity contribution in [3.63, 3.8) is 0 Å². The van der Waals surface area contributed by atoms with Gasteiger partial charge in [0.25, 0.3) is 0 Å². The van der Waals surface area contributed by atoms with Gasteiger partial charge in [-0.2, -0.15) is 0 Å². The minimum absolute atomic E-state index is 0.507. The van der Waals surface area contributed by atoms with Crippen LogP contribution in [-0.4, -0.2) is 19.5 Å². The van der Waals surface area contributed by atoms with Gasteiger partial charge in [-0.15, -0.1) is 0 Å². The van der Waals surface area contributed by atoms with Gasteiger partial charge in [-0.3, -0.25) is 0 Å². The third-order valence-electron chi connectivity index (χ3n) is 4.54. The molecule has 1 N–H and O–H groups in total. The molecule has 29 heavy (non-hydrogen) atoms. The van der Waals surface area contributed by atoms with Crippen molar-refractivity contribution in [3.05, 3.63) is 91.5 Å². The number of imidazole rings is 1. The lowest BCUT2D eigenvalue weighted by Gasteiger charge is -2.12. The lowest BCUT2D eigenvalue weighted by molar-refractivity contribution is 0.573. The zero-order chi connectivity index (χ0) is 19.5. The van der Waals surface area contributed by atoms with Crippen molar-refractivity contribution in [1.82, 2.24) is 19.5 Å². The first kappa shape index (κ1) is 17.0. The van der Waals surface area contributed by atoms with Crippen LogP contribution in [0.5, 0.6) is 0 Å². The highest BCUT2D eigenvalue weighted by atomic mass is 16.3. The number of furan rings is 2. The summed E-state index contributed by atoms with van der Waals surface area (Å²) in [5, 5.41) is 3.31. The van der Waals surface area contributed by atoms with Crippen LogP contribution in [-0.2, 0) is 6.54 Å². The Morgan fingerprint density at radius 3 is 2.52 bits per heavy atom. The molecule has 0 bridgehead atoms. The monoisotopic (exact) mass is 383 g/mol. The van der Waals surface area contributed by atoms with E-state index in [9.17, 15) is 0 Å². The highest BCUT2D eigenvalue weighted by Crippen LogP contribution is 2.31. The molecule has 7 nitrogen and oxygen atoms in total. The first-order valence-corrected chi connectivity index (χ1v) is 9.13. The Morgan fingerprint density at radius 1 is 0.931 bits per heavy atom. The van der Waals surface area contributed by atoms with Crippen LogP contribution in [0, 0.1) is 0 Å². The Hall–Kier alpha value is -4.13. The van der Waals surface area contributed by atoms with Gasteiger partial charge in [0.05, 0.1) is 30.1 Å². The first-order valence-electron chi connectivity index (χ1n) is 9.13. The van der Waals surface area contributed by atoms with Gasteiger partial charge in [-0.1, -0.05) is 18.2 Å². The Labute approximate surface area is 166 Å². The van der Waals surface area contributed by atoms with E-state index in [0.717, 1.165) is 16.8 Å². The average molecular weight is 383 g/mol. The lowest BCUT2D eigenvalue weighted by Crippen LogP contribution is -2.07. The van der Waals surface area contributed by atoms with Crippen LogP contribution in [0.15, 0.2) is 94.8 Å². The quantitative estimate of drug-likeness (QED) is 0.454. The summed E-state index contributed by atoms with van der Waals surface area (Å²) >= 11 is 0. The molecule has 0 fully saturated rings. The predicted octanol–water partition coefficient (Wildman–Crippen LogP) is 4.79. The molecule has 142 valence electrons. The Balaban J connectivity index is 1.46. The van der Waals surface area contributed by atoms with Gasteiger partial charge in [-0.05, 0) is 35.9 Å². The molecule has 0 atom stereocenters. The van der Waals surface area contributed by atoms with E-state index < -0.39 is 0 Å². The largest absolute Gasteiger partial charge is 0.464 e. The van der Waals surface area contributed by atoms with Crippen LogP contribution < -0.4 is 5.32 Å². The van der Waals surface area contributed by atoms with E-state index in [1.807, 2.05) is 53.2 Å². The molecule has 0 radical (unpaired) electrons. The number of anilines is 1. The van der Waals surface area contributed by atoms with E-state index >= 15 is 0 Å². The minimum atomic E-state index is 0.507. The molecule has 0 amide bonds. The third-order valence-corrected chi connectivity index (χ3v) is 4.54. The molecule has 0 aliphatic rings. The summed E-state index contributed by atoms with van der Waals surface area (Å²) in [5.74, 6) is 1.85. The van der Waals surface area contributed by atoms with Gasteiger partial charge in [-0.25, -0.2) is 15.0 Å². The second-order valence-corrected chi connectivity index (χ2v) is 6.36. The molecule has 7 heteroatoms. The molecule has 1 aromatic carbocycles. The summed E-state index contributed by atoms with van der Waals surface area (Å²) in [6.45, 7) is 0.562. The second kappa shape index (κ2) is 7.47. The van der Waals surface area contributed by atoms with Gasteiger partial charge < -0.3 is 18.7 Å². The summed E-state index contributed by atoms with van der Waals surface area (Å²) in [4.78, 5) is 13.3. The standard InChI is InChI=1S/C22H17N5O2/c1-2-6-18(27-10-9-23-15-27)16(5-1)13-24-22-25-14-17(19-7-3-11-28-19)21(26-22)20-8-4-12-29-20/h1-12,14-15H,13H2,(H,24,25,26). The fraction of sp³-hybridized carbons (Fsp3) is 0.0455. The highest BCUT2D eigenvalue weighted by Gasteiger charge is 2.16. The summed E-state index contributed by atoms with van der Waals surface area (Å²) in [6, 6.07) is 15.5. The number of para-hydroxylation sites is 1. The van der Waals surface area contributed by atoms with Crippen molar-refractivity contribution >= 4 is 5.95 Å². The number of benzene rings is 1. The van der Waals surface area contributed by atoms with Crippen molar-refractivity contribution in [2.45, 2.75) is 6.54 Å². The summed E-state index contributed by atoms with van der Waals surface area (Å²) < 4.78 is 13.1. The maximum atomic E-state index is 5.57. The summed E-state index contributed by atoms with van der Waals surface area (Å²) in [6.07, 6.45) is 10.5. The molecule has 0 unspecified atom stereocenters. The van der Waals surface area contributed by atoms with Crippen molar-refractivity contribution in [2.75, 3.05) is 5.32 Å². The van der Waals surface area contributed by atoms with Crippen LogP contribution >= 0.6 is 0 Å². The molecule has 5 rings (SSSR count). The predicted molar refractivity (Wildman–Crippen MR) is 108 cm³/mol. The Kier molecular flexibility index (Phi) is 4.38. The molecule has 0 aliphatic heterocycles. The van der Waals surface area contributed by atoms with Crippen molar-refractivity contribution in [3.8, 4) is 28.5 Å². The zero-order valence-corrected chi connectivity index (χ0v) is 15.4. The molecule has 0 saturated carbocycles. The molecule has 5 aromatic rings. The SMILES string of the molecule is c1coc(-c2cnc(NCc3ccccc3-n3ccnc3)nc2-c2ccco2)c1. The molecule has 0 saturated heterocycles. The molecule has 0 spiro atoms. The number of nitrogens with zero attached hydrogens (tertiary/aromatic N) is 4. The van der Waals surface area contributed by atoms with Gasteiger partial charge in [0.15, 0.2) is 5.76 Å². The fourth-order valence-corrected chi connectivity index (χ4v) is 3.17. The van der Waals surface area contributed by atoms with E-state index in [2.05, 4.69) is 26.3 Å². The Bertz CT molecular complexity index is 1200. The van der Waals surface area contributed by atoms with E-state index in [4.69, 9.17) is 8.83 Å². The van der Waals surface area contributed by atoms with Crippen molar-refractivity contribution in [2.24, 2.45) is 0 Å². The van der Waals surface area contributed by atoms with Crippen molar-refractivity contribution < 1.29 is 8.83 Å². The van der Waals surface area contributed by atoms with E-state index in [-0.39, 0.29) is 0 Å². The van der Waals surface area contributed by atoms with Crippen LogP contribution in [0.25, 0.3) is 28.5 Å². The number of hydrogen-bond acceptors (Lipinski definition) is 6. The maximum Gasteiger partial charge on any atom is 0.223 e. The third kappa shape index (κ3) is 3.41. The number of hydrogen-bond donors (Lipinski definition) is 1. The smallest absolute Gasteiger partial charge is 0.223 e. The zero-order valence-electron chi connectivity index (χ0n) is 15.4. The molecular formula is C22H17N5O2. The van der Waals surface area contributed by atoms with Gasteiger partial charge in [0, 0.05) is 25.1 Å². The fourth-order valence-electron chi connectivity index (χ4n) is 3.17. The van der Waals surface area contributed by atoms with Gasteiger partial charge in [0.2, 0.25) is 5.95 Å². The highest BCUT2D eigenvalue weighted by molar-refractivity contribution is 5.75. The molecular weight excluding hydrogens is 366 g/mol. The average Bonchev–Trinajstić information content (AvgIpc) is 3.55. The second-order valence-electron chi connectivity index (χ2n) is 6.36. The molecule has 4 aromatic heterocycles. The van der Waals surface area contributed by atoms with Crippen molar-refractivity contribution in [1.29, 1.82) is 0 Å².